The zero-order valence-electron chi connectivity index (χ0n) is 13.6. The highest BCUT2D eigenvalue weighted by Crippen LogP contribution is 2.21. The van der Waals surface area contributed by atoms with E-state index in [9.17, 15) is 13.2 Å². The van der Waals surface area contributed by atoms with Gasteiger partial charge in [-0.1, -0.05) is 18.2 Å². The van der Waals surface area contributed by atoms with Gasteiger partial charge < -0.3 is 4.74 Å². The normalized spacial score (nSPS) is 10.9. The summed E-state index contributed by atoms with van der Waals surface area (Å²) >= 11 is 0. The second-order valence-electron chi connectivity index (χ2n) is 5.44. The summed E-state index contributed by atoms with van der Waals surface area (Å²) in [4.78, 5) is 0. The van der Waals surface area contributed by atoms with Crippen LogP contribution in [0.2, 0.25) is 0 Å². The number of halogens is 3. The number of nitrogens with one attached hydrogen (secondary N) is 1. The van der Waals surface area contributed by atoms with Crippen LogP contribution in [-0.2, 0) is 6.61 Å². The van der Waals surface area contributed by atoms with E-state index in [1.54, 1.807) is 0 Å². The van der Waals surface area contributed by atoms with Crippen LogP contribution in [0, 0.1) is 17.5 Å². The molecule has 26 heavy (non-hydrogen) atoms. The van der Waals surface area contributed by atoms with Gasteiger partial charge in [0.05, 0.1) is 11.9 Å². The van der Waals surface area contributed by atoms with Crippen LogP contribution in [0.15, 0.2) is 71.8 Å². The maximum atomic E-state index is 13.7. The third-order valence-corrected chi connectivity index (χ3v) is 3.54. The van der Waals surface area contributed by atoms with Crippen molar-refractivity contribution in [2.45, 2.75) is 6.61 Å². The van der Waals surface area contributed by atoms with Gasteiger partial charge in [0.15, 0.2) is 0 Å². The van der Waals surface area contributed by atoms with Crippen LogP contribution in [0.25, 0.3) is 0 Å². The van der Waals surface area contributed by atoms with Crippen molar-refractivity contribution in [1.29, 1.82) is 0 Å². The smallest absolute Gasteiger partial charge is 0.131 e. The molecule has 0 aliphatic heterocycles. The van der Waals surface area contributed by atoms with Crippen LogP contribution in [0.4, 0.5) is 18.9 Å². The molecule has 0 unspecified atom stereocenters. The number of hydrazone groups is 1. The van der Waals surface area contributed by atoms with Crippen LogP contribution in [0.3, 0.4) is 0 Å². The molecule has 3 aromatic rings. The van der Waals surface area contributed by atoms with Crippen molar-refractivity contribution in [3.05, 3.63) is 95.3 Å². The summed E-state index contributed by atoms with van der Waals surface area (Å²) in [6, 6.07) is 16.3. The van der Waals surface area contributed by atoms with E-state index in [-0.39, 0.29) is 17.9 Å². The topological polar surface area (TPSA) is 33.6 Å². The van der Waals surface area contributed by atoms with Gasteiger partial charge in [0.1, 0.15) is 29.8 Å². The summed E-state index contributed by atoms with van der Waals surface area (Å²) in [5.74, 6) is -1.50. The van der Waals surface area contributed by atoms with Gasteiger partial charge in [-0.2, -0.15) is 5.10 Å². The van der Waals surface area contributed by atoms with Crippen molar-refractivity contribution in [2.24, 2.45) is 5.10 Å². The van der Waals surface area contributed by atoms with Crippen molar-refractivity contribution >= 4 is 11.9 Å². The number of rotatable bonds is 6. The number of nitrogens with zero attached hydrogens (tertiary/aromatic N) is 1. The Hall–Kier alpha value is -3.28. The molecule has 0 bridgehead atoms. The van der Waals surface area contributed by atoms with Crippen LogP contribution < -0.4 is 10.2 Å². The quantitative estimate of drug-likeness (QED) is 0.491. The molecular formula is C20H15F3N2O. The number of hydrogen-bond acceptors (Lipinski definition) is 3. The fourth-order valence-electron chi connectivity index (χ4n) is 2.24. The van der Waals surface area contributed by atoms with Gasteiger partial charge in [0.2, 0.25) is 0 Å². The SMILES string of the molecule is Fc1ccc(F)c(COc2cc(F)ccc2C=NNc2ccccc2)c1. The molecule has 0 aliphatic carbocycles. The summed E-state index contributed by atoms with van der Waals surface area (Å²) in [5, 5.41) is 4.08. The Bertz CT molecular complexity index is 914. The van der Waals surface area contributed by atoms with Crippen LogP contribution in [-0.4, -0.2) is 6.21 Å². The van der Waals surface area contributed by atoms with Gasteiger partial charge in [-0.25, -0.2) is 13.2 Å². The number of ether oxygens (including phenoxy) is 1. The second kappa shape index (κ2) is 8.20. The molecule has 0 fully saturated rings. The summed E-state index contributed by atoms with van der Waals surface area (Å²) in [6.45, 7) is -0.236. The average molecular weight is 356 g/mol. The largest absolute Gasteiger partial charge is 0.488 e. The predicted octanol–water partition coefficient (Wildman–Crippen LogP) is 5.13. The number of para-hydroxylation sites is 1. The first kappa shape index (κ1) is 17.5. The zero-order valence-corrected chi connectivity index (χ0v) is 13.6. The van der Waals surface area contributed by atoms with Gasteiger partial charge >= 0.3 is 0 Å². The third-order valence-electron chi connectivity index (χ3n) is 3.54. The van der Waals surface area contributed by atoms with Gasteiger partial charge in [-0.3, -0.25) is 5.43 Å². The Kier molecular flexibility index (Phi) is 5.53. The molecule has 0 aromatic heterocycles. The molecule has 132 valence electrons. The van der Waals surface area contributed by atoms with E-state index in [1.165, 1.54) is 24.4 Å². The van der Waals surface area contributed by atoms with E-state index in [4.69, 9.17) is 4.74 Å². The third kappa shape index (κ3) is 4.63. The minimum absolute atomic E-state index is 0.0413. The van der Waals surface area contributed by atoms with Crippen molar-refractivity contribution in [2.75, 3.05) is 5.43 Å². The van der Waals surface area contributed by atoms with Crippen molar-refractivity contribution in [3.8, 4) is 5.75 Å². The van der Waals surface area contributed by atoms with Crippen molar-refractivity contribution < 1.29 is 17.9 Å². The minimum atomic E-state index is -0.594. The van der Waals surface area contributed by atoms with Crippen LogP contribution in [0.1, 0.15) is 11.1 Å². The average Bonchev–Trinajstić information content (AvgIpc) is 2.65. The van der Waals surface area contributed by atoms with Gasteiger partial charge in [-0.15, -0.1) is 0 Å². The van der Waals surface area contributed by atoms with Gasteiger partial charge in [0.25, 0.3) is 0 Å². The molecule has 0 atom stereocenters. The van der Waals surface area contributed by atoms with Crippen LogP contribution in [0.5, 0.6) is 5.75 Å². The molecule has 0 saturated heterocycles. The number of benzene rings is 3. The molecule has 3 rings (SSSR count). The maximum absolute atomic E-state index is 13.7. The van der Waals surface area contributed by atoms with E-state index in [2.05, 4.69) is 10.5 Å². The Morgan fingerprint density at radius 2 is 1.62 bits per heavy atom. The van der Waals surface area contributed by atoms with Crippen molar-refractivity contribution in [3.63, 3.8) is 0 Å². The molecule has 0 radical (unpaired) electrons. The maximum Gasteiger partial charge on any atom is 0.131 e. The summed E-state index contributed by atoms with van der Waals surface area (Å²) in [7, 11) is 0. The van der Waals surface area contributed by atoms with Gasteiger partial charge in [-0.05, 0) is 42.5 Å². The second-order valence-corrected chi connectivity index (χ2v) is 5.44. The van der Waals surface area contributed by atoms with E-state index in [0.29, 0.717) is 5.56 Å². The fourth-order valence-corrected chi connectivity index (χ4v) is 2.24. The Labute approximate surface area is 148 Å². The molecule has 0 saturated carbocycles. The molecule has 0 amide bonds. The Morgan fingerprint density at radius 1 is 0.885 bits per heavy atom. The standard InChI is InChI=1S/C20H15F3N2O/c21-16-8-9-19(23)15(10-16)13-26-20-11-17(22)7-6-14(20)12-24-25-18-4-2-1-3-5-18/h1-12,25H,13H2. The molecule has 6 heteroatoms. The highest BCUT2D eigenvalue weighted by Gasteiger charge is 2.08. The lowest BCUT2D eigenvalue weighted by atomic mass is 10.2. The van der Waals surface area contributed by atoms with Crippen molar-refractivity contribution in [1.82, 2.24) is 0 Å². The summed E-state index contributed by atoms with van der Waals surface area (Å²) < 4.78 is 45.9. The number of anilines is 1. The zero-order chi connectivity index (χ0) is 18.4. The molecule has 0 heterocycles. The van der Waals surface area contributed by atoms with E-state index in [0.717, 1.165) is 23.9 Å². The lowest BCUT2D eigenvalue weighted by Crippen LogP contribution is -2.02. The molecule has 0 spiro atoms. The molecule has 3 aromatic carbocycles. The monoisotopic (exact) mass is 356 g/mol. The molecule has 3 nitrogen and oxygen atoms in total. The summed E-state index contributed by atoms with van der Waals surface area (Å²) in [5.41, 5.74) is 4.16. The highest BCUT2D eigenvalue weighted by atomic mass is 19.1. The lowest BCUT2D eigenvalue weighted by molar-refractivity contribution is 0.297. The van der Waals surface area contributed by atoms with Gasteiger partial charge in [0, 0.05) is 17.2 Å². The number of hydrogen-bond donors (Lipinski definition) is 1. The predicted molar refractivity (Wildman–Crippen MR) is 94.7 cm³/mol. The first-order valence-corrected chi connectivity index (χ1v) is 7.82. The first-order chi connectivity index (χ1) is 12.6. The molecule has 1 N–H and O–H groups in total. The van der Waals surface area contributed by atoms with E-state index < -0.39 is 17.5 Å². The fraction of sp³-hybridized carbons (Fsp3) is 0.0500. The van der Waals surface area contributed by atoms with E-state index >= 15 is 0 Å². The first-order valence-electron chi connectivity index (χ1n) is 7.82. The Balaban J connectivity index is 1.74. The van der Waals surface area contributed by atoms with E-state index in [1.807, 2.05) is 30.3 Å². The lowest BCUT2D eigenvalue weighted by Gasteiger charge is -2.10. The minimum Gasteiger partial charge on any atom is -0.488 e. The summed E-state index contributed by atoms with van der Waals surface area (Å²) in [6.07, 6.45) is 1.46. The molecule has 0 aliphatic rings. The Morgan fingerprint density at radius 3 is 2.42 bits per heavy atom. The highest BCUT2D eigenvalue weighted by molar-refractivity contribution is 5.84. The molecular weight excluding hydrogens is 341 g/mol. The van der Waals surface area contributed by atoms with Crippen LogP contribution >= 0.6 is 0 Å².